The van der Waals surface area contributed by atoms with Crippen molar-refractivity contribution in [2.45, 2.75) is 19.9 Å². The van der Waals surface area contributed by atoms with Crippen molar-refractivity contribution in [3.8, 4) is 0 Å². The van der Waals surface area contributed by atoms with Gasteiger partial charge in [-0.2, -0.15) is 0 Å². The molecule has 0 saturated heterocycles. The van der Waals surface area contributed by atoms with Gasteiger partial charge in [0, 0.05) is 18.0 Å². The van der Waals surface area contributed by atoms with E-state index in [-0.39, 0.29) is 5.91 Å². The molecule has 1 amide bonds. The van der Waals surface area contributed by atoms with Crippen molar-refractivity contribution in [1.29, 1.82) is 0 Å². The van der Waals surface area contributed by atoms with Crippen LogP contribution in [0.2, 0.25) is 0 Å². The van der Waals surface area contributed by atoms with Crippen LogP contribution in [0.4, 0.5) is 5.13 Å². The highest BCUT2D eigenvalue weighted by atomic mass is 32.1. The normalized spacial score (nSPS) is 10.9. The fourth-order valence-corrected chi connectivity index (χ4v) is 3.96. The molecular formula is C22H19N3OS. The lowest BCUT2D eigenvalue weighted by molar-refractivity contribution is 0.0985. The van der Waals surface area contributed by atoms with Crippen molar-refractivity contribution in [2.24, 2.45) is 0 Å². The monoisotopic (exact) mass is 373 g/mol. The Kier molecular flexibility index (Phi) is 4.94. The standard InChI is InChI=1S/C22H19N3OS/c1-2-16-10-11-19-20(13-16)27-22(24-19)25(15-17-7-6-12-23-14-17)21(26)18-8-4-3-5-9-18/h3-14H,2,15H2,1H3. The van der Waals surface area contributed by atoms with Gasteiger partial charge >= 0.3 is 0 Å². The van der Waals surface area contributed by atoms with E-state index in [2.05, 4.69) is 24.0 Å². The Morgan fingerprint density at radius 2 is 1.89 bits per heavy atom. The van der Waals surface area contributed by atoms with E-state index in [9.17, 15) is 4.79 Å². The number of pyridine rings is 1. The number of hydrogen-bond acceptors (Lipinski definition) is 4. The molecule has 0 N–H and O–H groups in total. The molecule has 2 aromatic carbocycles. The van der Waals surface area contributed by atoms with Gasteiger partial charge in [-0.1, -0.05) is 48.6 Å². The number of anilines is 1. The molecule has 5 heteroatoms. The molecule has 2 aromatic heterocycles. The smallest absolute Gasteiger partial charge is 0.260 e. The molecule has 0 atom stereocenters. The molecule has 0 aliphatic carbocycles. The number of nitrogens with zero attached hydrogens (tertiary/aromatic N) is 3. The van der Waals surface area contributed by atoms with Crippen LogP contribution in [0.3, 0.4) is 0 Å². The molecule has 0 fully saturated rings. The Hall–Kier alpha value is -3.05. The highest BCUT2D eigenvalue weighted by Gasteiger charge is 2.21. The van der Waals surface area contributed by atoms with Gasteiger partial charge in [0.1, 0.15) is 0 Å². The second kappa shape index (κ2) is 7.68. The molecule has 4 aromatic rings. The van der Waals surface area contributed by atoms with Crippen molar-refractivity contribution < 1.29 is 4.79 Å². The van der Waals surface area contributed by atoms with Crippen LogP contribution in [-0.2, 0) is 13.0 Å². The third kappa shape index (κ3) is 3.73. The lowest BCUT2D eigenvalue weighted by Gasteiger charge is -2.20. The van der Waals surface area contributed by atoms with Gasteiger partial charge in [0.25, 0.3) is 5.91 Å². The summed E-state index contributed by atoms with van der Waals surface area (Å²) in [5.74, 6) is -0.0609. The van der Waals surface area contributed by atoms with Crippen LogP contribution >= 0.6 is 11.3 Å². The Morgan fingerprint density at radius 3 is 2.63 bits per heavy atom. The molecule has 0 spiro atoms. The molecule has 0 unspecified atom stereocenters. The Balaban J connectivity index is 1.76. The summed E-state index contributed by atoms with van der Waals surface area (Å²) in [5, 5.41) is 0.705. The van der Waals surface area contributed by atoms with E-state index in [1.165, 1.54) is 5.56 Å². The number of amides is 1. The molecule has 134 valence electrons. The molecule has 0 bridgehead atoms. The summed E-state index contributed by atoms with van der Waals surface area (Å²) in [7, 11) is 0. The summed E-state index contributed by atoms with van der Waals surface area (Å²) >= 11 is 1.55. The minimum absolute atomic E-state index is 0.0609. The molecule has 4 nitrogen and oxygen atoms in total. The molecule has 27 heavy (non-hydrogen) atoms. The number of aromatic nitrogens is 2. The van der Waals surface area contributed by atoms with Crippen molar-refractivity contribution in [2.75, 3.05) is 4.90 Å². The summed E-state index contributed by atoms with van der Waals surface area (Å²) in [5.41, 5.74) is 3.81. The predicted octanol–water partition coefficient (Wildman–Crippen LogP) is 5.10. The van der Waals surface area contributed by atoms with Crippen LogP contribution in [0.25, 0.3) is 10.2 Å². The van der Waals surface area contributed by atoms with Gasteiger partial charge in [0.2, 0.25) is 0 Å². The first kappa shape index (κ1) is 17.4. The first-order valence-electron chi connectivity index (χ1n) is 8.90. The van der Waals surface area contributed by atoms with Crippen LogP contribution < -0.4 is 4.90 Å². The van der Waals surface area contributed by atoms with Gasteiger partial charge in [0.05, 0.1) is 16.8 Å². The third-order valence-corrected chi connectivity index (χ3v) is 5.45. The molecule has 0 aliphatic rings. The lowest BCUT2D eigenvalue weighted by atomic mass is 10.2. The van der Waals surface area contributed by atoms with E-state index in [0.717, 1.165) is 22.2 Å². The van der Waals surface area contributed by atoms with Crippen LogP contribution in [-0.4, -0.2) is 15.9 Å². The van der Waals surface area contributed by atoms with E-state index in [1.807, 2.05) is 48.5 Å². The zero-order chi connectivity index (χ0) is 18.6. The van der Waals surface area contributed by atoms with Gasteiger partial charge in [-0.25, -0.2) is 4.98 Å². The molecule has 0 saturated carbocycles. The number of carbonyl (C=O) groups is 1. The maximum Gasteiger partial charge on any atom is 0.260 e. The van der Waals surface area contributed by atoms with Crippen LogP contribution in [0.1, 0.15) is 28.4 Å². The zero-order valence-electron chi connectivity index (χ0n) is 15.0. The van der Waals surface area contributed by atoms with Crippen LogP contribution in [0.5, 0.6) is 0 Å². The Bertz CT molecular complexity index is 1060. The Labute approximate surface area is 162 Å². The maximum atomic E-state index is 13.2. The predicted molar refractivity (Wildman–Crippen MR) is 110 cm³/mol. The summed E-state index contributed by atoms with van der Waals surface area (Å²) < 4.78 is 1.10. The van der Waals surface area contributed by atoms with E-state index < -0.39 is 0 Å². The maximum absolute atomic E-state index is 13.2. The molecular weight excluding hydrogens is 354 g/mol. The number of aryl methyl sites for hydroxylation is 1. The second-order valence-electron chi connectivity index (χ2n) is 6.27. The lowest BCUT2D eigenvalue weighted by Crippen LogP contribution is -2.30. The van der Waals surface area contributed by atoms with Crippen molar-refractivity contribution >= 4 is 32.6 Å². The van der Waals surface area contributed by atoms with Gasteiger partial charge in [-0.15, -0.1) is 0 Å². The number of benzene rings is 2. The zero-order valence-corrected chi connectivity index (χ0v) is 15.8. The number of hydrogen-bond donors (Lipinski definition) is 0. The fraction of sp³-hybridized carbons (Fsp3) is 0.136. The molecule has 4 rings (SSSR count). The number of rotatable bonds is 5. The first-order valence-corrected chi connectivity index (χ1v) is 9.71. The summed E-state index contributed by atoms with van der Waals surface area (Å²) in [6.07, 6.45) is 4.50. The summed E-state index contributed by atoms with van der Waals surface area (Å²) in [6.45, 7) is 2.57. The second-order valence-corrected chi connectivity index (χ2v) is 7.28. The number of fused-ring (bicyclic) bond motifs is 1. The average molecular weight is 373 g/mol. The quantitative estimate of drug-likeness (QED) is 0.489. The van der Waals surface area contributed by atoms with E-state index >= 15 is 0 Å². The highest BCUT2D eigenvalue weighted by molar-refractivity contribution is 7.22. The van der Waals surface area contributed by atoms with Crippen molar-refractivity contribution in [1.82, 2.24) is 9.97 Å². The number of carbonyl (C=O) groups excluding carboxylic acids is 1. The van der Waals surface area contributed by atoms with E-state index in [0.29, 0.717) is 17.2 Å². The Morgan fingerprint density at radius 1 is 1.04 bits per heavy atom. The fourth-order valence-electron chi connectivity index (χ4n) is 2.93. The van der Waals surface area contributed by atoms with Gasteiger partial charge in [-0.3, -0.25) is 14.7 Å². The van der Waals surface area contributed by atoms with Gasteiger partial charge < -0.3 is 0 Å². The van der Waals surface area contributed by atoms with Gasteiger partial charge in [0.15, 0.2) is 5.13 Å². The molecule has 0 radical (unpaired) electrons. The average Bonchev–Trinajstić information content (AvgIpc) is 3.15. The minimum atomic E-state index is -0.0609. The van der Waals surface area contributed by atoms with Crippen LogP contribution in [0, 0.1) is 0 Å². The SMILES string of the molecule is CCc1ccc2nc(N(Cc3cccnc3)C(=O)c3ccccc3)sc2c1. The minimum Gasteiger partial charge on any atom is -0.279 e. The van der Waals surface area contributed by atoms with E-state index in [1.54, 1.807) is 28.6 Å². The van der Waals surface area contributed by atoms with Gasteiger partial charge in [-0.05, 0) is 47.9 Å². The number of thiazole rings is 1. The highest BCUT2D eigenvalue weighted by Crippen LogP contribution is 2.31. The molecule has 2 heterocycles. The van der Waals surface area contributed by atoms with Crippen LogP contribution in [0.15, 0.2) is 73.1 Å². The first-order chi connectivity index (χ1) is 13.2. The van der Waals surface area contributed by atoms with E-state index in [4.69, 9.17) is 4.98 Å². The summed E-state index contributed by atoms with van der Waals surface area (Å²) in [6, 6.07) is 19.5. The van der Waals surface area contributed by atoms with Crippen molar-refractivity contribution in [3.63, 3.8) is 0 Å². The topological polar surface area (TPSA) is 46.1 Å². The molecule has 0 aliphatic heterocycles. The largest absolute Gasteiger partial charge is 0.279 e. The van der Waals surface area contributed by atoms with Crippen molar-refractivity contribution in [3.05, 3.63) is 89.7 Å². The summed E-state index contributed by atoms with van der Waals surface area (Å²) in [4.78, 5) is 23.9. The third-order valence-electron chi connectivity index (χ3n) is 4.41.